The van der Waals surface area contributed by atoms with Gasteiger partial charge in [0.25, 0.3) is 0 Å². The standard InChI is InChI=1S/C30H35NO4S/c1-34-26-17-14-24(15-18-26)11-7-4-2-3-5-10-22-35-29-20-16-25(31-28(29)19-21-30(32)33)23-36-27-12-8-6-9-13-27/h6,8-9,12-21H,2-5,7,10-11,22-23H2,1H3,(H,32,33)/b21-19+. The summed E-state index contributed by atoms with van der Waals surface area (Å²) in [5, 5.41) is 9.04. The van der Waals surface area contributed by atoms with Gasteiger partial charge in [0.15, 0.2) is 0 Å². The molecular formula is C30H35NO4S. The van der Waals surface area contributed by atoms with Gasteiger partial charge < -0.3 is 14.6 Å². The fraction of sp³-hybridized carbons (Fsp3) is 0.333. The molecule has 6 heteroatoms. The number of rotatable bonds is 16. The number of carbonyl (C=O) groups is 1. The molecule has 36 heavy (non-hydrogen) atoms. The molecule has 190 valence electrons. The lowest BCUT2D eigenvalue weighted by Crippen LogP contribution is -2.02. The maximum absolute atomic E-state index is 11.0. The topological polar surface area (TPSA) is 68.7 Å². The predicted octanol–water partition coefficient (Wildman–Crippen LogP) is 7.44. The second-order valence-electron chi connectivity index (χ2n) is 8.53. The van der Waals surface area contributed by atoms with Crippen molar-refractivity contribution in [3.05, 3.63) is 89.8 Å². The monoisotopic (exact) mass is 505 g/mol. The SMILES string of the molecule is COc1ccc(CCCCCCCCOc2ccc(CSc3ccccc3)nc2/C=C/C(=O)O)cc1. The number of aliphatic carboxylic acids is 1. The molecule has 1 N–H and O–H groups in total. The quantitative estimate of drug-likeness (QED) is 0.124. The summed E-state index contributed by atoms with van der Waals surface area (Å²) in [6.45, 7) is 0.597. The van der Waals surface area contributed by atoms with E-state index in [1.54, 1.807) is 18.9 Å². The number of carboxylic acids is 1. The molecule has 1 heterocycles. The van der Waals surface area contributed by atoms with E-state index in [1.165, 1.54) is 42.2 Å². The van der Waals surface area contributed by atoms with Crippen LogP contribution in [-0.2, 0) is 17.0 Å². The molecule has 0 saturated heterocycles. The van der Waals surface area contributed by atoms with Crippen molar-refractivity contribution in [2.75, 3.05) is 13.7 Å². The molecule has 3 rings (SSSR count). The van der Waals surface area contributed by atoms with Crippen LogP contribution in [-0.4, -0.2) is 29.8 Å². The molecular weight excluding hydrogens is 470 g/mol. The fourth-order valence-electron chi connectivity index (χ4n) is 3.76. The number of aromatic nitrogens is 1. The number of benzene rings is 2. The molecule has 5 nitrogen and oxygen atoms in total. The third-order valence-corrected chi connectivity index (χ3v) is 6.78. The number of ether oxygens (including phenoxy) is 2. The minimum Gasteiger partial charge on any atom is -0.497 e. The lowest BCUT2D eigenvalue weighted by atomic mass is 10.0. The van der Waals surface area contributed by atoms with Gasteiger partial charge in [-0.2, -0.15) is 0 Å². The van der Waals surface area contributed by atoms with Gasteiger partial charge in [0, 0.05) is 16.7 Å². The lowest BCUT2D eigenvalue weighted by molar-refractivity contribution is -0.131. The van der Waals surface area contributed by atoms with Crippen molar-refractivity contribution >= 4 is 23.8 Å². The van der Waals surface area contributed by atoms with Gasteiger partial charge in [-0.25, -0.2) is 9.78 Å². The first-order valence-electron chi connectivity index (χ1n) is 12.5. The highest BCUT2D eigenvalue weighted by Crippen LogP contribution is 2.25. The number of unbranched alkanes of at least 4 members (excludes halogenated alkanes) is 5. The zero-order valence-corrected chi connectivity index (χ0v) is 21.7. The molecule has 0 bridgehead atoms. The summed E-state index contributed by atoms with van der Waals surface area (Å²) in [6, 6.07) is 22.3. The first kappa shape index (κ1) is 27.3. The predicted molar refractivity (Wildman–Crippen MR) is 147 cm³/mol. The Labute approximate surface area is 218 Å². The van der Waals surface area contributed by atoms with E-state index in [9.17, 15) is 4.79 Å². The molecule has 1 aromatic heterocycles. The zero-order valence-electron chi connectivity index (χ0n) is 20.9. The number of methoxy groups -OCH3 is 1. The average Bonchev–Trinajstić information content (AvgIpc) is 2.91. The highest BCUT2D eigenvalue weighted by molar-refractivity contribution is 7.98. The van der Waals surface area contributed by atoms with Crippen LogP contribution in [0, 0.1) is 0 Å². The third kappa shape index (κ3) is 10.2. The number of hydrogen-bond donors (Lipinski definition) is 1. The van der Waals surface area contributed by atoms with E-state index in [0.717, 1.165) is 36.8 Å². The minimum absolute atomic E-state index is 0.557. The smallest absolute Gasteiger partial charge is 0.328 e. The maximum Gasteiger partial charge on any atom is 0.328 e. The van der Waals surface area contributed by atoms with Crippen LogP contribution in [0.25, 0.3) is 6.08 Å². The Hall–Kier alpha value is -3.25. The van der Waals surface area contributed by atoms with Crippen molar-refractivity contribution in [3.8, 4) is 11.5 Å². The number of carboxylic acid groups (broad SMARTS) is 1. The second-order valence-corrected chi connectivity index (χ2v) is 9.58. The largest absolute Gasteiger partial charge is 0.497 e. The summed E-state index contributed by atoms with van der Waals surface area (Å²) in [5.74, 6) is 1.23. The van der Waals surface area contributed by atoms with Gasteiger partial charge in [-0.15, -0.1) is 11.8 Å². The molecule has 0 saturated carbocycles. The number of thioether (sulfide) groups is 1. The Balaban J connectivity index is 1.37. The average molecular weight is 506 g/mol. The van der Waals surface area contributed by atoms with Crippen LogP contribution in [0.2, 0.25) is 0 Å². The van der Waals surface area contributed by atoms with Crippen molar-refractivity contribution in [2.24, 2.45) is 0 Å². The molecule has 2 aromatic carbocycles. The van der Waals surface area contributed by atoms with Gasteiger partial charge in [0.05, 0.1) is 19.4 Å². The molecule has 0 atom stereocenters. The normalized spacial score (nSPS) is 11.0. The summed E-state index contributed by atoms with van der Waals surface area (Å²) in [5.41, 5.74) is 2.80. The first-order chi connectivity index (χ1) is 17.6. The fourth-order valence-corrected chi connectivity index (χ4v) is 4.59. The summed E-state index contributed by atoms with van der Waals surface area (Å²) in [6.07, 6.45) is 10.6. The molecule has 3 aromatic rings. The van der Waals surface area contributed by atoms with Gasteiger partial charge in [0.2, 0.25) is 0 Å². The first-order valence-corrected chi connectivity index (χ1v) is 13.5. The van der Waals surface area contributed by atoms with E-state index in [1.807, 2.05) is 42.5 Å². The highest BCUT2D eigenvalue weighted by Gasteiger charge is 2.07. The summed E-state index contributed by atoms with van der Waals surface area (Å²) in [4.78, 5) is 16.8. The van der Waals surface area contributed by atoms with E-state index >= 15 is 0 Å². The van der Waals surface area contributed by atoms with Gasteiger partial charge in [0.1, 0.15) is 17.2 Å². The van der Waals surface area contributed by atoms with Crippen LogP contribution in [0.15, 0.2) is 77.7 Å². The van der Waals surface area contributed by atoms with Crippen LogP contribution in [0.3, 0.4) is 0 Å². The minimum atomic E-state index is -1.00. The van der Waals surface area contributed by atoms with E-state index in [2.05, 4.69) is 29.2 Å². The van der Waals surface area contributed by atoms with E-state index in [-0.39, 0.29) is 0 Å². The number of nitrogens with zero attached hydrogens (tertiary/aromatic N) is 1. The summed E-state index contributed by atoms with van der Waals surface area (Å²) in [7, 11) is 1.69. The summed E-state index contributed by atoms with van der Waals surface area (Å²) < 4.78 is 11.2. The summed E-state index contributed by atoms with van der Waals surface area (Å²) >= 11 is 1.70. The molecule has 0 unspecified atom stereocenters. The van der Waals surface area contributed by atoms with Crippen molar-refractivity contribution in [1.82, 2.24) is 4.98 Å². The molecule has 0 radical (unpaired) electrons. The number of pyridine rings is 1. The van der Waals surface area contributed by atoms with Gasteiger partial charge in [-0.1, -0.05) is 56.0 Å². The zero-order chi connectivity index (χ0) is 25.4. The van der Waals surface area contributed by atoms with E-state index in [0.29, 0.717) is 23.8 Å². The van der Waals surface area contributed by atoms with Crippen LogP contribution in [0.4, 0.5) is 0 Å². The van der Waals surface area contributed by atoms with E-state index < -0.39 is 5.97 Å². The Morgan fingerprint density at radius 1 is 0.917 bits per heavy atom. The third-order valence-electron chi connectivity index (χ3n) is 5.73. The van der Waals surface area contributed by atoms with Gasteiger partial charge in [-0.05, 0) is 67.3 Å². The lowest BCUT2D eigenvalue weighted by Gasteiger charge is -2.11. The van der Waals surface area contributed by atoms with E-state index in [4.69, 9.17) is 14.6 Å². The molecule has 0 aliphatic carbocycles. The van der Waals surface area contributed by atoms with Crippen LogP contribution in [0.1, 0.15) is 55.5 Å². The van der Waals surface area contributed by atoms with Crippen molar-refractivity contribution in [2.45, 2.75) is 55.6 Å². The van der Waals surface area contributed by atoms with Crippen LogP contribution < -0.4 is 9.47 Å². The highest BCUT2D eigenvalue weighted by atomic mass is 32.2. The number of hydrogen-bond acceptors (Lipinski definition) is 5. The Morgan fingerprint density at radius 3 is 2.36 bits per heavy atom. The molecule has 0 spiro atoms. The molecule has 0 aliphatic rings. The molecule has 0 fully saturated rings. The molecule has 0 amide bonds. The number of aryl methyl sites for hydroxylation is 1. The second kappa shape index (κ2) is 15.7. The molecule has 0 aliphatic heterocycles. The van der Waals surface area contributed by atoms with Crippen LogP contribution in [0.5, 0.6) is 11.5 Å². The Bertz CT molecular complexity index is 1080. The Kier molecular flexibility index (Phi) is 11.9. The maximum atomic E-state index is 11.0. The van der Waals surface area contributed by atoms with Crippen molar-refractivity contribution < 1.29 is 19.4 Å². The van der Waals surface area contributed by atoms with Gasteiger partial charge in [-0.3, -0.25) is 0 Å². The van der Waals surface area contributed by atoms with Crippen LogP contribution >= 0.6 is 11.8 Å². The van der Waals surface area contributed by atoms with Crippen molar-refractivity contribution in [3.63, 3.8) is 0 Å². The Morgan fingerprint density at radius 2 is 1.64 bits per heavy atom. The van der Waals surface area contributed by atoms with Gasteiger partial charge >= 0.3 is 5.97 Å². The van der Waals surface area contributed by atoms with Crippen molar-refractivity contribution in [1.29, 1.82) is 0 Å².